The van der Waals surface area contributed by atoms with Gasteiger partial charge in [-0.3, -0.25) is 0 Å². The summed E-state index contributed by atoms with van der Waals surface area (Å²) in [4.78, 5) is 24.8. The van der Waals surface area contributed by atoms with Gasteiger partial charge in [-0.2, -0.15) is 0 Å². The van der Waals surface area contributed by atoms with Crippen LogP contribution in [0, 0.1) is 0 Å². The molecule has 2 N–H and O–H groups in total. The normalized spacial score (nSPS) is 10.3. The minimum absolute atomic E-state index is 0.483. The van der Waals surface area contributed by atoms with Crippen molar-refractivity contribution in [2.24, 2.45) is 0 Å². The van der Waals surface area contributed by atoms with Gasteiger partial charge in [0.2, 0.25) is 0 Å². The fraction of sp³-hybridized carbons (Fsp3) is 0.857. The monoisotopic (exact) mass is 288 g/mol. The molecule has 0 rings (SSSR count). The number of carboxylic acid groups (broad SMARTS) is 2. The van der Waals surface area contributed by atoms with Gasteiger partial charge >= 0.3 is 12.2 Å². The lowest BCUT2D eigenvalue weighted by Crippen LogP contribution is -2.33. The van der Waals surface area contributed by atoms with Crippen LogP contribution in [0.15, 0.2) is 0 Å². The van der Waals surface area contributed by atoms with Gasteiger partial charge in [-0.25, -0.2) is 9.59 Å². The Morgan fingerprint density at radius 2 is 1.00 bits per heavy atom. The first-order valence-corrected chi connectivity index (χ1v) is 7.48. The summed E-state index contributed by atoms with van der Waals surface area (Å²) < 4.78 is 0. The van der Waals surface area contributed by atoms with Crippen molar-refractivity contribution in [2.75, 3.05) is 26.2 Å². The smallest absolute Gasteiger partial charge is 0.407 e. The molecule has 0 aliphatic heterocycles. The molecule has 0 bridgehead atoms. The Morgan fingerprint density at radius 3 is 1.25 bits per heavy atom. The first kappa shape index (κ1) is 18.5. The van der Waals surface area contributed by atoms with Crippen LogP contribution in [-0.2, 0) is 0 Å². The Bertz CT molecular complexity index is 256. The van der Waals surface area contributed by atoms with E-state index in [1.165, 1.54) is 9.80 Å². The highest BCUT2D eigenvalue weighted by atomic mass is 16.4. The van der Waals surface area contributed by atoms with Crippen molar-refractivity contribution in [2.45, 2.75) is 52.4 Å². The molecule has 0 heterocycles. The predicted molar refractivity (Wildman–Crippen MR) is 78.2 cm³/mol. The topological polar surface area (TPSA) is 81.1 Å². The zero-order valence-corrected chi connectivity index (χ0v) is 12.7. The Morgan fingerprint density at radius 1 is 0.700 bits per heavy atom. The van der Waals surface area contributed by atoms with Crippen molar-refractivity contribution in [3.63, 3.8) is 0 Å². The average molecular weight is 288 g/mol. The standard InChI is InChI=1S/C14H28N2O4/c1-3-5-9-15(13(17)18)11-7-8-12-16(14(19)20)10-6-4-2/h3-12H2,1-2H3,(H,17,18)(H,19,20). The third kappa shape index (κ3) is 8.61. The van der Waals surface area contributed by atoms with E-state index in [4.69, 9.17) is 10.2 Å². The van der Waals surface area contributed by atoms with Gasteiger partial charge < -0.3 is 20.0 Å². The van der Waals surface area contributed by atoms with E-state index >= 15 is 0 Å². The SMILES string of the molecule is CCCCN(CCCCN(CCCC)C(=O)O)C(=O)O. The molecule has 0 aliphatic carbocycles. The molecular formula is C14H28N2O4. The molecule has 0 spiro atoms. The molecule has 0 aliphatic rings. The molecule has 6 heteroatoms. The summed E-state index contributed by atoms with van der Waals surface area (Å²) in [5, 5.41) is 18.1. The van der Waals surface area contributed by atoms with E-state index in [2.05, 4.69) is 0 Å². The highest BCUT2D eigenvalue weighted by Gasteiger charge is 2.12. The van der Waals surface area contributed by atoms with Crippen molar-refractivity contribution in [3.8, 4) is 0 Å². The number of amides is 2. The second kappa shape index (κ2) is 11.4. The second-order valence-electron chi connectivity index (χ2n) is 4.95. The highest BCUT2D eigenvalue weighted by molar-refractivity contribution is 5.65. The first-order chi connectivity index (χ1) is 9.52. The van der Waals surface area contributed by atoms with Crippen LogP contribution >= 0.6 is 0 Å². The third-order valence-electron chi connectivity index (χ3n) is 3.21. The molecule has 20 heavy (non-hydrogen) atoms. The van der Waals surface area contributed by atoms with Gasteiger partial charge in [-0.15, -0.1) is 0 Å². The number of carbonyl (C=O) groups is 2. The first-order valence-electron chi connectivity index (χ1n) is 7.48. The lowest BCUT2D eigenvalue weighted by Gasteiger charge is -2.21. The molecule has 0 fully saturated rings. The van der Waals surface area contributed by atoms with Crippen molar-refractivity contribution in [1.82, 2.24) is 9.80 Å². The maximum atomic E-state index is 11.0. The second-order valence-corrected chi connectivity index (χ2v) is 4.95. The highest BCUT2D eigenvalue weighted by Crippen LogP contribution is 2.03. The molecule has 0 aromatic heterocycles. The molecular weight excluding hydrogens is 260 g/mol. The zero-order valence-electron chi connectivity index (χ0n) is 12.7. The maximum absolute atomic E-state index is 11.0. The fourth-order valence-electron chi connectivity index (χ4n) is 1.91. The van der Waals surface area contributed by atoms with Crippen molar-refractivity contribution in [3.05, 3.63) is 0 Å². The molecule has 0 saturated carbocycles. The molecule has 0 aromatic rings. The van der Waals surface area contributed by atoms with Gasteiger partial charge in [0.1, 0.15) is 0 Å². The van der Waals surface area contributed by atoms with Crippen LogP contribution in [0.5, 0.6) is 0 Å². The van der Waals surface area contributed by atoms with E-state index in [1.807, 2.05) is 13.8 Å². The van der Waals surface area contributed by atoms with Crippen LogP contribution in [0.25, 0.3) is 0 Å². The van der Waals surface area contributed by atoms with Crippen LogP contribution < -0.4 is 0 Å². The van der Waals surface area contributed by atoms with Gasteiger partial charge in [-0.1, -0.05) is 26.7 Å². The number of nitrogens with zero attached hydrogens (tertiary/aromatic N) is 2. The number of unbranched alkanes of at least 4 members (excludes halogenated alkanes) is 3. The van der Waals surface area contributed by atoms with Crippen LogP contribution in [0.1, 0.15) is 52.4 Å². The van der Waals surface area contributed by atoms with Crippen LogP contribution in [0.2, 0.25) is 0 Å². The number of hydrogen-bond acceptors (Lipinski definition) is 2. The summed E-state index contributed by atoms with van der Waals surface area (Å²) in [7, 11) is 0. The number of rotatable bonds is 11. The lowest BCUT2D eigenvalue weighted by molar-refractivity contribution is 0.136. The Hall–Kier alpha value is -1.46. The molecule has 118 valence electrons. The zero-order chi connectivity index (χ0) is 15.4. The molecule has 0 atom stereocenters. The van der Waals surface area contributed by atoms with Crippen LogP contribution in [-0.4, -0.2) is 58.4 Å². The van der Waals surface area contributed by atoms with Gasteiger partial charge in [-0.05, 0) is 25.7 Å². The maximum Gasteiger partial charge on any atom is 0.407 e. The quantitative estimate of drug-likeness (QED) is 0.571. The van der Waals surface area contributed by atoms with Gasteiger partial charge in [0, 0.05) is 26.2 Å². The molecule has 0 unspecified atom stereocenters. The van der Waals surface area contributed by atoms with Crippen molar-refractivity contribution in [1.29, 1.82) is 0 Å². The summed E-state index contributed by atoms with van der Waals surface area (Å²) in [5.74, 6) is 0. The van der Waals surface area contributed by atoms with Crippen molar-refractivity contribution >= 4 is 12.2 Å². The van der Waals surface area contributed by atoms with Crippen LogP contribution in [0.3, 0.4) is 0 Å². The van der Waals surface area contributed by atoms with Crippen molar-refractivity contribution < 1.29 is 19.8 Å². The van der Waals surface area contributed by atoms with E-state index < -0.39 is 12.2 Å². The Balaban J connectivity index is 3.94. The van der Waals surface area contributed by atoms with E-state index in [-0.39, 0.29) is 0 Å². The Kier molecular flexibility index (Phi) is 10.5. The molecule has 6 nitrogen and oxygen atoms in total. The third-order valence-corrected chi connectivity index (χ3v) is 3.21. The molecule has 2 amide bonds. The number of hydrogen-bond donors (Lipinski definition) is 2. The predicted octanol–water partition coefficient (Wildman–Crippen LogP) is 3.33. The molecule has 0 saturated heterocycles. The van der Waals surface area contributed by atoms with Gasteiger partial charge in [0.05, 0.1) is 0 Å². The van der Waals surface area contributed by atoms with E-state index in [0.29, 0.717) is 39.0 Å². The molecule has 0 aromatic carbocycles. The van der Waals surface area contributed by atoms with Gasteiger partial charge in [0.15, 0.2) is 0 Å². The van der Waals surface area contributed by atoms with Gasteiger partial charge in [0.25, 0.3) is 0 Å². The summed E-state index contributed by atoms with van der Waals surface area (Å²) in [5.41, 5.74) is 0. The molecule has 0 radical (unpaired) electrons. The summed E-state index contributed by atoms with van der Waals surface area (Å²) in [6.45, 7) is 6.14. The summed E-state index contributed by atoms with van der Waals surface area (Å²) in [6.07, 6.45) is 3.28. The summed E-state index contributed by atoms with van der Waals surface area (Å²) >= 11 is 0. The van der Waals surface area contributed by atoms with E-state index in [0.717, 1.165) is 25.7 Å². The lowest BCUT2D eigenvalue weighted by atomic mass is 10.2. The average Bonchev–Trinajstić information content (AvgIpc) is 2.40. The van der Waals surface area contributed by atoms with E-state index in [9.17, 15) is 9.59 Å². The largest absolute Gasteiger partial charge is 0.465 e. The Labute approximate surface area is 121 Å². The minimum Gasteiger partial charge on any atom is -0.465 e. The van der Waals surface area contributed by atoms with E-state index in [1.54, 1.807) is 0 Å². The minimum atomic E-state index is -0.889. The summed E-state index contributed by atoms with van der Waals surface area (Å²) in [6, 6.07) is 0. The fourth-order valence-corrected chi connectivity index (χ4v) is 1.91. The van der Waals surface area contributed by atoms with Crippen LogP contribution in [0.4, 0.5) is 9.59 Å².